The summed E-state index contributed by atoms with van der Waals surface area (Å²) in [6.45, 7) is 7.62. The van der Waals surface area contributed by atoms with Crippen LogP contribution >= 0.6 is 0 Å². The van der Waals surface area contributed by atoms with Gasteiger partial charge in [0.25, 0.3) is 0 Å². The van der Waals surface area contributed by atoms with E-state index in [1.54, 1.807) is 0 Å². The summed E-state index contributed by atoms with van der Waals surface area (Å²) in [6.07, 6.45) is 4.32. The first-order valence-corrected chi connectivity index (χ1v) is 8.55. The predicted molar refractivity (Wildman–Crippen MR) is 92.3 cm³/mol. The number of nitrogens with zero attached hydrogens (tertiary/aromatic N) is 2. The number of ether oxygens (including phenoxy) is 1. The van der Waals surface area contributed by atoms with Crippen molar-refractivity contribution in [3.63, 3.8) is 0 Å². The number of nitrogens with two attached hydrogens (primary N) is 1. The molecule has 2 aliphatic heterocycles. The quantitative estimate of drug-likeness (QED) is 0.407. The average Bonchev–Trinajstić information content (AvgIpc) is 3.01. The molecular formula is C17H28N4O3. The molecule has 24 heavy (non-hydrogen) atoms. The van der Waals surface area contributed by atoms with E-state index in [4.69, 9.17) is 10.5 Å². The van der Waals surface area contributed by atoms with Crippen molar-refractivity contribution in [2.45, 2.75) is 52.2 Å². The Balaban J connectivity index is 1.80. The van der Waals surface area contributed by atoms with Crippen molar-refractivity contribution in [2.24, 2.45) is 16.6 Å². The molecule has 2 aliphatic rings. The molecule has 1 fully saturated rings. The van der Waals surface area contributed by atoms with Crippen molar-refractivity contribution in [1.82, 2.24) is 10.2 Å². The fourth-order valence-electron chi connectivity index (χ4n) is 3.15. The molecule has 0 radical (unpaired) electrons. The van der Waals surface area contributed by atoms with E-state index < -0.39 is 0 Å². The van der Waals surface area contributed by atoms with Gasteiger partial charge in [-0.3, -0.25) is 9.59 Å². The van der Waals surface area contributed by atoms with Crippen molar-refractivity contribution in [1.29, 1.82) is 0 Å². The van der Waals surface area contributed by atoms with Crippen LogP contribution in [0, 0.1) is 5.92 Å². The van der Waals surface area contributed by atoms with E-state index >= 15 is 0 Å². The number of nitrogens with one attached hydrogen (secondary N) is 1. The van der Waals surface area contributed by atoms with Crippen LogP contribution in [0.15, 0.2) is 16.6 Å². The highest BCUT2D eigenvalue weighted by molar-refractivity contribution is 5.82. The Bertz CT molecular complexity index is 540. The van der Waals surface area contributed by atoms with E-state index in [0.29, 0.717) is 25.5 Å². The number of guanidine groups is 1. The maximum atomic E-state index is 12.1. The number of esters is 1. The zero-order valence-electron chi connectivity index (χ0n) is 14.7. The molecule has 0 saturated carbocycles. The Labute approximate surface area is 143 Å². The first-order valence-electron chi connectivity index (χ1n) is 8.55. The molecule has 3 unspecified atom stereocenters. The van der Waals surface area contributed by atoms with Crippen LogP contribution in [0.2, 0.25) is 0 Å². The zero-order chi connectivity index (χ0) is 17.7. The maximum absolute atomic E-state index is 12.1. The highest BCUT2D eigenvalue weighted by Gasteiger charge is 2.41. The summed E-state index contributed by atoms with van der Waals surface area (Å²) in [5.41, 5.74) is 7.15. The van der Waals surface area contributed by atoms with Crippen LogP contribution in [-0.2, 0) is 14.3 Å². The number of hydrogen-bond acceptors (Lipinski definition) is 6. The average molecular weight is 336 g/mol. The van der Waals surface area contributed by atoms with Crippen LogP contribution in [-0.4, -0.2) is 54.5 Å². The second-order valence-corrected chi connectivity index (χ2v) is 6.75. The number of cyclic esters (lactones) is 1. The second kappa shape index (κ2) is 8.17. The minimum absolute atomic E-state index is 0.0111. The van der Waals surface area contributed by atoms with Gasteiger partial charge in [-0.15, -0.1) is 0 Å². The highest BCUT2D eigenvalue weighted by atomic mass is 16.5. The lowest BCUT2D eigenvalue weighted by molar-refractivity contribution is -0.143. The molecule has 3 atom stereocenters. The third-order valence-corrected chi connectivity index (χ3v) is 4.30. The van der Waals surface area contributed by atoms with Gasteiger partial charge in [0.1, 0.15) is 6.10 Å². The lowest BCUT2D eigenvalue weighted by atomic mass is 9.96. The van der Waals surface area contributed by atoms with Crippen LogP contribution in [0.25, 0.3) is 0 Å². The fraction of sp³-hybridized carbons (Fsp3) is 0.706. The maximum Gasteiger partial charge on any atom is 0.311 e. The molecule has 0 bridgehead atoms. The van der Waals surface area contributed by atoms with Gasteiger partial charge < -0.3 is 20.7 Å². The van der Waals surface area contributed by atoms with Crippen molar-refractivity contribution in [2.75, 3.05) is 19.6 Å². The summed E-state index contributed by atoms with van der Waals surface area (Å²) in [7, 11) is 0. The van der Waals surface area contributed by atoms with Crippen molar-refractivity contribution >= 4 is 17.8 Å². The normalized spacial score (nSPS) is 26.1. The molecule has 3 N–H and O–H groups in total. The molecule has 1 amide bonds. The Morgan fingerprint density at radius 1 is 1.42 bits per heavy atom. The lowest BCUT2D eigenvalue weighted by Gasteiger charge is -2.19. The summed E-state index contributed by atoms with van der Waals surface area (Å²) in [5, 5.41) is 2.78. The van der Waals surface area contributed by atoms with Gasteiger partial charge >= 0.3 is 5.97 Å². The number of allylic oxidation sites excluding steroid dienone is 1. The van der Waals surface area contributed by atoms with Gasteiger partial charge in [-0.05, 0) is 32.8 Å². The first kappa shape index (κ1) is 18.3. The number of carbonyl (C=O) groups excluding carboxylic acids is 2. The van der Waals surface area contributed by atoms with Gasteiger partial charge in [0.15, 0.2) is 5.96 Å². The molecule has 7 heteroatoms. The van der Waals surface area contributed by atoms with Gasteiger partial charge in [-0.1, -0.05) is 5.57 Å². The van der Waals surface area contributed by atoms with E-state index in [0.717, 1.165) is 25.0 Å². The minimum atomic E-state index is -0.214. The molecule has 1 saturated heterocycles. The van der Waals surface area contributed by atoms with Gasteiger partial charge in [0.2, 0.25) is 5.91 Å². The van der Waals surface area contributed by atoms with Crippen LogP contribution in [0.4, 0.5) is 0 Å². The highest BCUT2D eigenvalue weighted by Crippen LogP contribution is 2.29. The molecule has 134 valence electrons. The van der Waals surface area contributed by atoms with Crippen molar-refractivity contribution in [3.05, 3.63) is 11.6 Å². The van der Waals surface area contributed by atoms with Crippen LogP contribution in [0.3, 0.4) is 0 Å². The summed E-state index contributed by atoms with van der Waals surface area (Å²) >= 11 is 0. The SMILES string of the molecule is CC(=O)NCCCCN1CC(C2CC(C=C(C)C)OC2=O)N=C1N. The standard InChI is InChI=1S/C17H28N4O3/c1-11(2)8-13-9-14(16(23)24-13)15-10-21(17(18)20-15)7-5-4-6-19-12(3)22/h8,13-15H,4-7,9-10H2,1-3H3,(H2,18,20)(H,19,22). The lowest BCUT2D eigenvalue weighted by Crippen LogP contribution is -2.37. The van der Waals surface area contributed by atoms with Crippen molar-refractivity contribution in [3.8, 4) is 0 Å². The molecule has 0 aromatic carbocycles. The smallest absolute Gasteiger partial charge is 0.311 e. The van der Waals surface area contributed by atoms with Crippen LogP contribution < -0.4 is 11.1 Å². The van der Waals surface area contributed by atoms with Crippen LogP contribution in [0.1, 0.15) is 40.0 Å². The van der Waals surface area contributed by atoms with Gasteiger partial charge in [0.05, 0.1) is 12.0 Å². The third kappa shape index (κ3) is 4.97. The molecule has 0 aromatic heterocycles. The van der Waals surface area contributed by atoms with Gasteiger partial charge in [-0.2, -0.15) is 0 Å². The zero-order valence-corrected chi connectivity index (χ0v) is 14.7. The number of aliphatic imine (C=N–C) groups is 1. The Morgan fingerprint density at radius 3 is 2.83 bits per heavy atom. The fourth-order valence-corrected chi connectivity index (χ4v) is 3.15. The predicted octanol–water partition coefficient (Wildman–Crippen LogP) is 0.800. The van der Waals surface area contributed by atoms with Crippen molar-refractivity contribution < 1.29 is 14.3 Å². The Hall–Kier alpha value is -2.05. The topological polar surface area (TPSA) is 97.0 Å². The van der Waals surface area contributed by atoms with Gasteiger partial charge in [-0.25, -0.2) is 4.99 Å². The molecule has 2 rings (SSSR count). The molecular weight excluding hydrogens is 308 g/mol. The summed E-state index contributed by atoms with van der Waals surface area (Å²) in [4.78, 5) is 29.4. The first-order chi connectivity index (χ1) is 11.4. The van der Waals surface area contributed by atoms with E-state index in [1.165, 1.54) is 6.92 Å². The minimum Gasteiger partial charge on any atom is -0.458 e. The summed E-state index contributed by atoms with van der Waals surface area (Å²) < 4.78 is 5.42. The molecule has 7 nitrogen and oxygen atoms in total. The van der Waals surface area contributed by atoms with E-state index in [9.17, 15) is 9.59 Å². The van der Waals surface area contributed by atoms with Gasteiger partial charge in [0, 0.05) is 33.0 Å². The molecule has 0 aromatic rings. The molecule has 0 aliphatic carbocycles. The third-order valence-electron chi connectivity index (χ3n) is 4.30. The number of unbranched alkanes of at least 4 members (excludes halogenated alkanes) is 1. The summed E-state index contributed by atoms with van der Waals surface area (Å²) in [6, 6.07) is -0.122. The second-order valence-electron chi connectivity index (χ2n) is 6.75. The summed E-state index contributed by atoms with van der Waals surface area (Å²) in [5.74, 6) is 0.0982. The Kier molecular flexibility index (Phi) is 6.23. The number of amides is 1. The number of hydrogen-bond donors (Lipinski definition) is 2. The largest absolute Gasteiger partial charge is 0.458 e. The Morgan fingerprint density at radius 2 is 2.17 bits per heavy atom. The molecule has 0 spiro atoms. The van der Waals surface area contributed by atoms with E-state index in [2.05, 4.69) is 10.3 Å². The van der Waals surface area contributed by atoms with E-state index in [-0.39, 0.29) is 29.9 Å². The molecule has 2 heterocycles. The number of rotatable bonds is 7. The monoisotopic (exact) mass is 336 g/mol. The number of carbonyl (C=O) groups is 2. The van der Waals surface area contributed by atoms with Crippen LogP contribution in [0.5, 0.6) is 0 Å². The van der Waals surface area contributed by atoms with E-state index in [1.807, 2.05) is 24.8 Å².